The molecular formula is C16H13Br2N3. The molecule has 5 heteroatoms. The van der Waals surface area contributed by atoms with Crippen molar-refractivity contribution in [2.45, 2.75) is 6.04 Å². The first-order valence-electron chi connectivity index (χ1n) is 6.44. The van der Waals surface area contributed by atoms with Crippen molar-refractivity contribution < 1.29 is 0 Å². The van der Waals surface area contributed by atoms with Crippen LogP contribution in [-0.2, 0) is 0 Å². The molecule has 0 aliphatic heterocycles. The van der Waals surface area contributed by atoms with Gasteiger partial charge in [0.05, 0.1) is 6.04 Å². The van der Waals surface area contributed by atoms with Crippen molar-refractivity contribution in [3.63, 3.8) is 0 Å². The van der Waals surface area contributed by atoms with Gasteiger partial charge in [0, 0.05) is 32.3 Å². The SMILES string of the molecule is NNC(c1cc(Br)ccc1Br)c1cncc2ccccc12. The predicted octanol–water partition coefficient (Wildman–Crippen LogP) is 4.31. The number of benzene rings is 2. The zero-order valence-electron chi connectivity index (χ0n) is 11.1. The van der Waals surface area contributed by atoms with Crippen LogP contribution < -0.4 is 11.3 Å². The molecule has 0 fully saturated rings. The zero-order chi connectivity index (χ0) is 14.8. The van der Waals surface area contributed by atoms with E-state index in [1.165, 1.54) is 0 Å². The molecule has 0 aliphatic rings. The van der Waals surface area contributed by atoms with Gasteiger partial charge in [0.2, 0.25) is 0 Å². The van der Waals surface area contributed by atoms with E-state index < -0.39 is 0 Å². The van der Waals surface area contributed by atoms with Crippen LogP contribution in [0.15, 0.2) is 63.8 Å². The molecule has 0 amide bonds. The molecule has 3 nitrogen and oxygen atoms in total. The molecule has 1 heterocycles. The third-order valence-corrected chi connectivity index (χ3v) is 4.66. The van der Waals surface area contributed by atoms with Gasteiger partial charge in [0.15, 0.2) is 0 Å². The Morgan fingerprint density at radius 1 is 1.00 bits per heavy atom. The molecule has 0 aliphatic carbocycles. The summed E-state index contributed by atoms with van der Waals surface area (Å²) in [5.41, 5.74) is 5.01. The molecular weight excluding hydrogens is 394 g/mol. The maximum absolute atomic E-state index is 5.83. The molecule has 1 atom stereocenters. The van der Waals surface area contributed by atoms with Gasteiger partial charge in [0.25, 0.3) is 0 Å². The van der Waals surface area contributed by atoms with Crippen LogP contribution in [0.3, 0.4) is 0 Å². The smallest absolute Gasteiger partial charge is 0.0742 e. The number of nitrogens with zero attached hydrogens (tertiary/aromatic N) is 1. The van der Waals surface area contributed by atoms with Crippen molar-refractivity contribution in [2.24, 2.45) is 5.84 Å². The van der Waals surface area contributed by atoms with Crippen molar-refractivity contribution in [1.82, 2.24) is 10.4 Å². The van der Waals surface area contributed by atoms with Crippen LogP contribution in [0.5, 0.6) is 0 Å². The zero-order valence-corrected chi connectivity index (χ0v) is 14.2. The van der Waals surface area contributed by atoms with Gasteiger partial charge in [0.1, 0.15) is 0 Å². The third kappa shape index (κ3) is 2.87. The topological polar surface area (TPSA) is 50.9 Å². The summed E-state index contributed by atoms with van der Waals surface area (Å²) in [6.07, 6.45) is 3.72. The number of pyridine rings is 1. The molecule has 0 saturated heterocycles. The first-order valence-corrected chi connectivity index (χ1v) is 8.03. The molecule has 21 heavy (non-hydrogen) atoms. The highest BCUT2D eigenvalue weighted by molar-refractivity contribution is 9.11. The summed E-state index contributed by atoms with van der Waals surface area (Å²) in [5, 5.41) is 2.24. The van der Waals surface area contributed by atoms with E-state index in [2.05, 4.69) is 60.5 Å². The summed E-state index contributed by atoms with van der Waals surface area (Å²) in [6.45, 7) is 0. The van der Waals surface area contributed by atoms with Gasteiger partial charge >= 0.3 is 0 Å². The molecule has 0 saturated carbocycles. The Labute approximate surface area is 139 Å². The maximum atomic E-state index is 5.83. The van der Waals surface area contributed by atoms with E-state index in [0.29, 0.717) is 0 Å². The fraction of sp³-hybridized carbons (Fsp3) is 0.0625. The van der Waals surface area contributed by atoms with Crippen LogP contribution >= 0.6 is 31.9 Å². The summed E-state index contributed by atoms with van der Waals surface area (Å²) in [4.78, 5) is 4.34. The molecule has 1 aromatic heterocycles. The lowest BCUT2D eigenvalue weighted by molar-refractivity contribution is 0.636. The number of halogens is 2. The van der Waals surface area contributed by atoms with Crippen molar-refractivity contribution in [2.75, 3.05) is 0 Å². The molecule has 1 unspecified atom stereocenters. The Morgan fingerprint density at radius 2 is 1.81 bits per heavy atom. The van der Waals surface area contributed by atoms with Gasteiger partial charge < -0.3 is 0 Å². The number of hydrogen-bond donors (Lipinski definition) is 2. The van der Waals surface area contributed by atoms with Crippen molar-refractivity contribution in [1.29, 1.82) is 0 Å². The lowest BCUT2D eigenvalue weighted by Crippen LogP contribution is -2.29. The first-order chi connectivity index (χ1) is 10.2. The van der Waals surface area contributed by atoms with E-state index in [9.17, 15) is 0 Å². The molecule has 106 valence electrons. The van der Waals surface area contributed by atoms with E-state index in [4.69, 9.17) is 5.84 Å². The van der Waals surface area contributed by atoms with E-state index in [1.54, 1.807) is 0 Å². The Morgan fingerprint density at radius 3 is 2.62 bits per heavy atom. The maximum Gasteiger partial charge on any atom is 0.0742 e. The lowest BCUT2D eigenvalue weighted by atomic mass is 9.96. The number of nitrogens with two attached hydrogens (primary N) is 1. The summed E-state index contributed by atoms with van der Waals surface area (Å²) in [5.74, 6) is 5.83. The molecule has 3 rings (SSSR count). The monoisotopic (exact) mass is 405 g/mol. The van der Waals surface area contributed by atoms with Crippen LogP contribution in [-0.4, -0.2) is 4.98 Å². The van der Waals surface area contributed by atoms with Gasteiger partial charge in [-0.1, -0.05) is 56.1 Å². The number of hydrazine groups is 1. The van der Waals surface area contributed by atoms with Crippen molar-refractivity contribution in [3.8, 4) is 0 Å². The molecule has 3 aromatic rings. The second kappa shape index (κ2) is 6.23. The van der Waals surface area contributed by atoms with Gasteiger partial charge in [-0.25, -0.2) is 5.43 Å². The van der Waals surface area contributed by atoms with E-state index >= 15 is 0 Å². The Balaban J connectivity index is 2.21. The molecule has 3 N–H and O–H groups in total. The van der Waals surface area contributed by atoms with E-state index in [-0.39, 0.29) is 6.04 Å². The average molecular weight is 407 g/mol. The normalized spacial score (nSPS) is 12.5. The number of rotatable bonds is 3. The van der Waals surface area contributed by atoms with Gasteiger partial charge in [-0.2, -0.15) is 0 Å². The standard InChI is InChI=1S/C16H13Br2N3/c17-11-5-6-15(18)13(7-11)16(21-19)14-9-20-8-10-3-1-2-4-12(10)14/h1-9,16,21H,19H2. The summed E-state index contributed by atoms with van der Waals surface area (Å²) in [7, 11) is 0. The fourth-order valence-corrected chi connectivity index (χ4v) is 3.31. The molecule has 2 aromatic carbocycles. The lowest BCUT2D eigenvalue weighted by Gasteiger charge is -2.20. The van der Waals surface area contributed by atoms with Crippen molar-refractivity contribution in [3.05, 3.63) is 74.9 Å². The highest BCUT2D eigenvalue weighted by Gasteiger charge is 2.18. The summed E-state index contributed by atoms with van der Waals surface area (Å²) >= 11 is 7.11. The fourth-order valence-electron chi connectivity index (χ4n) is 2.45. The van der Waals surface area contributed by atoms with Crippen LogP contribution in [0.4, 0.5) is 0 Å². The minimum Gasteiger partial charge on any atom is -0.271 e. The minimum absolute atomic E-state index is 0.143. The number of fused-ring (bicyclic) bond motifs is 1. The van der Waals surface area contributed by atoms with Crippen LogP contribution in [0.25, 0.3) is 10.8 Å². The first kappa shape index (κ1) is 14.7. The highest BCUT2D eigenvalue weighted by atomic mass is 79.9. The van der Waals surface area contributed by atoms with Crippen LogP contribution in [0, 0.1) is 0 Å². The second-order valence-corrected chi connectivity index (χ2v) is 6.49. The Bertz CT molecular complexity index is 784. The number of aromatic nitrogens is 1. The van der Waals surface area contributed by atoms with Crippen molar-refractivity contribution >= 4 is 42.6 Å². The number of nitrogens with one attached hydrogen (secondary N) is 1. The van der Waals surface area contributed by atoms with Gasteiger partial charge in [-0.15, -0.1) is 0 Å². The van der Waals surface area contributed by atoms with E-state index in [0.717, 1.165) is 30.8 Å². The van der Waals surface area contributed by atoms with E-state index in [1.807, 2.05) is 36.7 Å². The summed E-state index contributed by atoms with van der Waals surface area (Å²) < 4.78 is 2.01. The summed E-state index contributed by atoms with van der Waals surface area (Å²) in [6, 6.07) is 14.1. The molecule has 0 bridgehead atoms. The second-order valence-electron chi connectivity index (χ2n) is 4.72. The molecule has 0 spiro atoms. The average Bonchev–Trinajstić information content (AvgIpc) is 2.51. The van der Waals surface area contributed by atoms with Crippen LogP contribution in [0.2, 0.25) is 0 Å². The highest BCUT2D eigenvalue weighted by Crippen LogP contribution is 2.33. The third-order valence-electron chi connectivity index (χ3n) is 3.45. The van der Waals surface area contributed by atoms with Gasteiger partial charge in [-0.05, 0) is 29.1 Å². The molecule has 0 radical (unpaired) electrons. The minimum atomic E-state index is -0.143. The number of hydrogen-bond acceptors (Lipinski definition) is 3. The largest absolute Gasteiger partial charge is 0.271 e. The van der Waals surface area contributed by atoms with Crippen LogP contribution in [0.1, 0.15) is 17.2 Å². The van der Waals surface area contributed by atoms with Gasteiger partial charge in [-0.3, -0.25) is 10.8 Å². The predicted molar refractivity (Wildman–Crippen MR) is 92.8 cm³/mol. The quantitative estimate of drug-likeness (QED) is 0.503. The Hall–Kier alpha value is -1.27. The Kier molecular flexibility index (Phi) is 4.35.